The van der Waals surface area contributed by atoms with Gasteiger partial charge >= 0.3 is 0 Å². The van der Waals surface area contributed by atoms with Gasteiger partial charge in [0.05, 0.1) is 11.6 Å². The van der Waals surface area contributed by atoms with Crippen LogP contribution in [0.4, 0.5) is 4.39 Å². The van der Waals surface area contributed by atoms with Gasteiger partial charge in [-0.1, -0.05) is 6.07 Å². The Bertz CT molecular complexity index is 485. The van der Waals surface area contributed by atoms with Gasteiger partial charge in [0.2, 0.25) is 0 Å². The van der Waals surface area contributed by atoms with E-state index >= 15 is 0 Å². The normalized spacial score (nSPS) is 12.6. The fourth-order valence-corrected chi connectivity index (χ4v) is 2.40. The number of halogens is 1. The summed E-state index contributed by atoms with van der Waals surface area (Å²) in [5, 5.41) is 0. The quantitative estimate of drug-likeness (QED) is 0.648. The summed E-state index contributed by atoms with van der Waals surface area (Å²) in [6.45, 7) is 1.97. The van der Waals surface area contributed by atoms with Crippen LogP contribution in [-0.4, -0.2) is 4.98 Å². The Hall–Kier alpha value is -1.30. The van der Waals surface area contributed by atoms with Crippen molar-refractivity contribution in [3.63, 3.8) is 0 Å². The summed E-state index contributed by atoms with van der Waals surface area (Å²) in [5.74, 6) is 5.32. The second kappa shape index (κ2) is 5.35. The van der Waals surface area contributed by atoms with Crippen molar-refractivity contribution in [1.29, 1.82) is 0 Å². The molecule has 90 valence electrons. The predicted molar refractivity (Wildman–Crippen MR) is 67.0 cm³/mol. The molecule has 0 radical (unpaired) electrons. The van der Waals surface area contributed by atoms with E-state index in [4.69, 9.17) is 5.84 Å². The van der Waals surface area contributed by atoms with E-state index in [9.17, 15) is 4.39 Å². The molecular formula is C12H14FN3S. The third-order valence-corrected chi connectivity index (χ3v) is 3.62. The molecule has 0 amide bonds. The lowest BCUT2D eigenvalue weighted by molar-refractivity contribution is 0.554. The zero-order chi connectivity index (χ0) is 12.3. The highest BCUT2D eigenvalue weighted by Gasteiger charge is 2.13. The van der Waals surface area contributed by atoms with Gasteiger partial charge in [-0.2, -0.15) is 0 Å². The van der Waals surface area contributed by atoms with E-state index in [0.29, 0.717) is 6.42 Å². The zero-order valence-electron chi connectivity index (χ0n) is 9.48. The molecule has 3 N–H and O–H groups in total. The molecule has 1 atom stereocenters. The molecule has 0 saturated heterocycles. The molecule has 2 rings (SSSR count). The van der Waals surface area contributed by atoms with E-state index in [0.717, 1.165) is 16.0 Å². The lowest BCUT2D eigenvalue weighted by atomic mass is 10.0. The van der Waals surface area contributed by atoms with E-state index in [1.165, 1.54) is 17.4 Å². The maximum Gasteiger partial charge on any atom is 0.123 e. The van der Waals surface area contributed by atoms with Gasteiger partial charge in [-0.05, 0) is 36.6 Å². The number of aromatic nitrogens is 1. The number of hydrazine groups is 1. The predicted octanol–water partition coefficient (Wildman–Crippen LogP) is 2.34. The van der Waals surface area contributed by atoms with Crippen LogP contribution >= 0.6 is 11.3 Å². The first-order valence-electron chi connectivity index (χ1n) is 5.30. The topological polar surface area (TPSA) is 50.9 Å². The first-order valence-corrected chi connectivity index (χ1v) is 6.18. The van der Waals surface area contributed by atoms with Crippen molar-refractivity contribution < 1.29 is 4.39 Å². The highest BCUT2D eigenvalue weighted by atomic mass is 32.1. The Morgan fingerprint density at radius 1 is 1.53 bits per heavy atom. The van der Waals surface area contributed by atoms with E-state index in [2.05, 4.69) is 10.4 Å². The Labute approximate surface area is 103 Å². The number of hydrogen-bond donors (Lipinski definition) is 2. The second-order valence-electron chi connectivity index (χ2n) is 3.90. The summed E-state index contributed by atoms with van der Waals surface area (Å²) >= 11 is 1.54. The monoisotopic (exact) mass is 251 g/mol. The molecule has 0 fully saturated rings. The van der Waals surface area contributed by atoms with E-state index < -0.39 is 0 Å². The van der Waals surface area contributed by atoms with Crippen molar-refractivity contribution in [3.8, 4) is 0 Å². The van der Waals surface area contributed by atoms with Crippen LogP contribution in [0.25, 0.3) is 0 Å². The lowest BCUT2D eigenvalue weighted by Gasteiger charge is -2.15. The molecule has 17 heavy (non-hydrogen) atoms. The summed E-state index contributed by atoms with van der Waals surface area (Å²) in [5.41, 5.74) is 6.54. The largest absolute Gasteiger partial charge is 0.271 e. The first-order chi connectivity index (χ1) is 8.20. The average Bonchev–Trinajstić information content (AvgIpc) is 2.84. The Balaban J connectivity index is 2.21. The number of nitrogens with one attached hydrogen (secondary N) is 1. The third-order valence-electron chi connectivity index (χ3n) is 2.73. The van der Waals surface area contributed by atoms with Crippen LogP contribution in [0, 0.1) is 12.7 Å². The molecule has 0 aliphatic heterocycles. The van der Waals surface area contributed by atoms with Crippen LogP contribution in [0.1, 0.15) is 22.0 Å². The smallest absolute Gasteiger partial charge is 0.123 e. The molecule has 1 heterocycles. The number of hydrogen-bond acceptors (Lipinski definition) is 4. The number of nitrogens with zero attached hydrogens (tertiary/aromatic N) is 1. The van der Waals surface area contributed by atoms with E-state index in [1.807, 2.05) is 6.92 Å². The number of aryl methyl sites for hydroxylation is 1. The average molecular weight is 251 g/mol. The zero-order valence-corrected chi connectivity index (χ0v) is 10.3. The van der Waals surface area contributed by atoms with Gasteiger partial charge in [0, 0.05) is 11.1 Å². The van der Waals surface area contributed by atoms with Crippen LogP contribution in [0.3, 0.4) is 0 Å². The van der Waals surface area contributed by atoms with Crippen LogP contribution in [0.15, 0.2) is 29.9 Å². The molecule has 1 unspecified atom stereocenters. The summed E-state index contributed by atoms with van der Waals surface area (Å²) in [6.07, 6.45) is 2.44. The van der Waals surface area contributed by atoms with Crippen LogP contribution in [-0.2, 0) is 6.42 Å². The highest BCUT2D eigenvalue weighted by Crippen LogP contribution is 2.23. The van der Waals surface area contributed by atoms with Gasteiger partial charge < -0.3 is 0 Å². The summed E-state index contributed by atoms with van der Waals surface area (Å²) in [4.78, 5) is 5.07. The van der Waals surface area contributed by atoms with Crippen LogP contribution in [0.2, 0.25) is 0 Å². The molecule has 2 aromatic rings. The molecule has 1 aromatic carbocycles. The number of thiazole rings is 1. The minimum absolute atomic E-state index is 0.0250. The van der Waals surface area contributed by atoms with Crippen molar-refractivity contribution in [2.45, 2.75) is 19.4 Å². The summed E-state index contributed by atoms with van der Waals surface area (Å²) < 4.78 is 13.2. The minimum Gasteiger partial charge on any atom is -0.271 e. The molecule has 0 aliphatic carbocycles. The molecule has 0 aliphatic rings. The van der Waals surface area contributed by atoms with Gasteiger partial charge in [0.15, 0.2) is 0 Å². The van der Waals surface area contributed by atoms with E-state index in [-0.39, 0.29) is 11.9 Å². The minimum atomic E-state index is -0.217. The SMILES string of the molecule is Cc1ccc(F)cc1CC(NN)c1cncs1. The number of nitrogens with two attached hydrogens (primary N) is 1. The Morgan fingerprint density at radius 3 is 3.00 bits per heavy atom. The van der Waals surface area contributed by atoms with Gasteiger partial charge in [0.1, 0.15) is 5.82 Å². The van der Waals surface area contributed by atoms with Crippen molar-refractivity contribution >= 4 is 11.3 Å². The molecule has 5 heteroatoms. The second-order valence-corrected chi connectivity index (χ2v) is 4.82. The standard InChI is InChI=1S/C12H14FN3S/c1-8-2-3-10(13)4-9(8)5-11(16-14)12-6-15-7-17-12/h2-4,6-7,11,16H,5,14H2,1H3. The number of rotatable bonds is 4. The summed E-state index contributed by atoms with van der Waals surface area (Å²) in [6, 6.07) is 4.78. The van der Waals surface area contributed by atoms with Gasteiger partial charge in [0.25, 0.3) is 0 Å². The third kappa shape index (κ3) is 2.88. The van der Waals surface area contributed by atoms with Gasteiger partial charge in [-0.3, -0.25) is 16.3 Å². The Kier molecular flexibility index (Phi) is 3.83. The summed E-state index contributed by atoms with van der Waals surface area (Å²) in [7, 11) is 0. The van der Waals surface area contributed by atoms with E-state index in [1.54, 1.807) is 23.8 Å². The number of benzene rings is 1. The van der Waals surface area contributed by atoms with Crippen LogP contribution < -0.4 is 11.3 Å². The van der Waals surface area contributed by atoms with Gasteiger partial charge in [-0.25, -0.2) is 4.39 Å². The molecule has 1 aromatic heterocycles. The maximum absolute atomic E-state index is 13.2. The van der Waals surface area contributed by atoms with Crippen molar-refractivity contribution in [2.24, 2.45) is 5.84 Å². The maximum atomic E-state index is 13.2. The fourth-order valence-electron chi connectivity index (χ4n) is 1.72. The van der Waals surface area contributed by atoms with Crippen molar-refractivity contribution in [2.75, 3.05) is 0 Å². The van der Waals surface area contributed by atoms with Crippen molar-refractivity contribution in [1.82, 2.24) is 10.4 Å². The molecule has 0 spiro atoms. The first kappa shape index (κ1) is 12.2. The molecular weight excluding hydrogens is 237 g/mol. The fraction of sp³-hybridized carbons (Fsp3) is 0.250. The highest BCUT2D eigenvalue weighted by molar-refractivity contribution is 7.09. The van der Waals surface area contributed by atoms with Crippen molar-refractivity contribution in [3.05, 3.63) is 51.7 Å². The lowest BCUT2D eigenvalue weighted by Crippen LogP contribution is -2.29. The molecule has 0 saturated carbocycles. The Morgan fingerprint density at radius 2 is 2.35 bits per heavy atom. The molecule has 3 nitrogen and oxygen atoms in total. The van der Waals surface area contributed by atoms with Crippen LogP contribution in [0.5, 0.6) is 0 Å². The van der Waals surface area contributed by atoms with Gasteiger partial charge in [-0.15, -0.1) is 11.3 Å². The molecule has 0 bridgehead atoms.